The summed E-state index contributed by atoms with van der Waals surface area (Å²) in [4.78, 5) is 22.5. The molecule has 1 saturated heterocycles. The van der Waals surface area contributed by atoms with Gasteiger partial charge in [-0.1, -0.05) is 13.8 Å². The maximum absolute atomic E-state index is 11.8. The van der Waals surface area contributed by atoms with Crippen molar-refractivity contribution in [2.45, 2.75) is 45.2 Å². The first-order chi connectivity index (χ1) is 8.88. The van der Waals surface area contributed by atoms with Crippen LogP contribution in [0.1, 0.15) is 33.1 Å². The Hall–Kier alpha value is -1.11. The van der Waals surface area contributed by atoms with Gasteiger partial charge in [0.2, 0.25) is 0 Å². The molecule has 1 heterocycles. The van der Waals surface area contributed by atoms with Gasteiger partial charge >= 0.3 is 12.0 Å². The van der Waals surface area contributed by atoms with Crippen LogP contribution in [0.25, 0.3) is 0 Å². The topological polar surface area (TPSA) is 95.5 Å². The van der Waals surface area contributed by atoms with E-state index in [9.17, 15) is 13.8 Å². The van der Waals surface area contributed by atoms with Crippen LogP contribution in [0.3, 0.4) is 0 Å². The molecule has 2 amide bonds. The molecule has 0 aliphatic carbocycles. The summed E-state index contributed by atoms with van der Waals surface area (Å²) in [5.74, 6) is 0.370. The lowest BCUT2D eigenvalue weighted by Gasteiger charge is -2.25. The molecule has 1 rings (SSSR count). The molecule has 0 bridgehead atoms. The van der Waals surface area contributed by atoms with E-state index in [-0.39, 0.29) is 30.5 Å². The molecule has 0 aromatic carbocycles. The van der Waals surface area contributed by atoms with E-state index >= 15 is 0 Å². The Balaban J connectivity index is 2.39. The van der Waals surface area contributed by atoms with Gasteiger partial charge in [0, 0.05) is 34.4 Å². The van der Waals surface area contributed by atoms with Gasteiger partial charge in [-0.3, -0.25) is 9.00 Å². The SMILES string of the molecule is CC(C)C(CC(=O)O)NC(=O)NC1CCS(=O)CC1. The van der Waals surface area contributed by atoms with Gasteiger partial charge in [0.25, 0.3) is 0 Å². The number of aliphatic carboxylic acids is 1. The van der Waals surface area contributed by atoms with Gasteiger partial charge in [-0.25, -0.2) is 4.79 Å². The predicted octanol–water partition coefficient (Wildman–Crippen LogP) is 0.696. The average molecular weight is 290 g/mol. The highest BCUT2D eigenvalue weighted by atomic mass is 32.2. The number of hydrogen-bond acceptors (Lipinski definition) is 3. The summed E-state index contributed by atoms with van der Waals surface area (Å²) < 4.78 is 11.2. The van der Waals surface area contributed by atoms with Crippen molar-refractivity contribution in [1.29, 1.82) is 0 Å². The predicted molar refractivity (Wildman–Crippen MR) is 73.4 cm³/mol. The zero-order valence-electron chi connectivity index (χ0n) is 11.3. The number of carbonyl (C=O) groups excluding carboxylic acids is 1. The van der Waals surface area contributed by atoms with E-state index < -0.39 is 16.8 Å². The smallest absolute Gasteiger partial charge is 0.315 e. The minimum absolute atomic E-state index is 0.0374. The maximum atomic E-state index is 11.8. The van der Waals surface area contributed by atoms with Crippen LogP contribution in [0.2, 0.25) is 0 Å². The van der Waals surface area contributed by atoms with Crippen LogP contribution >= 0.6 is 0 Å². The molecule has 0 aromatic heterocycles. The molecule has 6 nitrogen and oxygen atoms in total. The Morgan fingerprint density at radius 1 is 1.32 bits per heavy atom. The minimum Gasteiger partial charge on any atom is -0.481 e. The fourth-order valence-electron chi connectivity index (χ4n) is 1.98. The normalized spacial score (nSPS) is 24.8. The van der Waals surface area contributed by atoms with Crippen molar-refractivity contribution < 1.29 is 18.9 Å². The maximum Gasteiger partial charge on any atom is 0.315 e. The highest BCUT2D eigenvalue weighted by Crippen LogP contribution is 2.10. The van der Waals surface area contributed by atoms with Gasteiger partial charge in [0.1, 0.15) is 0 Å². The number of carbonyl (C=O) groups is 2. The molecule has 3 N–H and O–H groups in total. The third-order valence-corrected chi connectivity index (χ3v) is 4.62. The van der Waals surface area contributed by atoms with Crippen LogP contribution in [0.15, 0.2) is 0 Å². The molecule has 1 aliphatic rings. The molecule has 19 heavy (non-hydrogen) atoms. The zero-order valence-corrected chi connectivity index (χ0v) is 12.2. The number of hydrogen-bond donors (Lipinski definition) is 3. The van der Waals surface area contributed by atoms with Crippen LogP contribution in [0.5, 0.6) is 0 Å². The summed E-state index contributed by atoms with van der Waals surface area (Å²) in [6.07, 6.45) is 1.34. The quantitative estimate of drug-likeness (QED) is 0.694. The second-order valence-electron chi connectivity index (χ2n) is 5.19. The molecule has 1 atom stereocenters. The van der Waals surface area contributed by atoms with Crippen molar-refractivity contribution in [1.82, 2.24) is 10.6 Å². The van der Waals surface area contributed by atoms with E-state index in [0.29, 0.717) is 24.3 Å². The van der Waals surface area contributed by atoms with Crippen LogP contribution in [-0.2, 0) is 15.6 Å². The summed E-state index contributed by atoms with van der Waals surface area (Å²) in [6, 6.07) is -0.678. The first-order valence-electron chi connectivity index (χ1n) is 6.52. The molecule has 110 valence electrons. The zero-order chi connectivity index (χ0) is 14.4. The summed E-state index contributed by atoms with van der Waals surface area (Å²) >= 11 is 0. The molecular formula is C12H22N2O4S. The summed E-state index contributed by atoms with van der Waals surface area (Å²) in [5, 5.41) is 14.3. The minimum atomic E-state index is -0.924. The van der Waals surface area contributed by atoms with Crippen LogP contribution in [-0.4, -0.2) is 44.9 Å². The summed E-state index contributed by atoms with van der Waals surface area (Å²) in [5.41, 5.74) is 0. The number of carboxylic acids is 1. The van der Waals surface area contributed by atoms with E-state index in [1.54, 1.807) is 0 Å². The Bertz CT molecular complexity index is 350. The lowest BCUT2D eigenvalue weighted by molar-refractivity contribution is -0.137. The van der Waals surface area contributed by atoms with E-state index in [2.05, 4.69) is 10.6 Å². The summed E-state index contributed by atoms with van der Waals surface area (Å²) in [7, 11) is -0.751. The largest absolute Gasteiger partial charge is 0.481 e. The second kappa shape index (κ2) is 7.47. The molecule has 1 fully saturated rings. The Kier molecular flexibility index (Phi) is 6.27. The van der Waals surface area contributed by atoms with Gasteiger partial charge in [0.15, 0.2) is 0 Å². The molecule has 1 unspecified atom stereocenters. The standard InChI is InChI=1S/C12H22N2O4S/c1-8(2)10(7-11(15)16)14-12(17)13-9-3-5-19(18)6-4-9/h8-10H,3-7H2,1-2H3,(H,15,16)(H2,13,14,17). The van der Waals surface area contributed by atoms with Crippen LogP contribution in [0.4, 0.5) is 4.79 Å². The highest BCUT2D eigenvalue weighted by Gasteiger charge is 2.23. The molecule has 1 aliphatic heterocycles. The Morgan fingerprint density at radius 2 is 1.89 bits per heavy atom. The Morgan fingerprint density at radius 3 is 2.37 bits per heavy atom. The van der Waals surface area contributed by atoms with E-state index in [4.69, 9.17) is 5.11 Å². The van der Waals surface area contributed by atoms with Crippen molar-refractivity contribution in [3.63, 3.8) is 0 Å². The van der Waals surface area contributed by atoms with Gasteiger partial charge < -0.3 is 15.7 Å². The molecule has 0 saturated carbocycles. The first-order valence-corrected chi connectivity index (χ1v) is 8.01. The van der Waals surface area contributed by atoms with E-state index in [1.807, 2.05) is 13.8 Å². The highest BCUT2D eigenvalue weighted by molar-refractivity contribution is 7.85. The van der Waals surface area contributed by atoms with Crippen molar-refractivity contribution in [2.75, 3.05) is 11.5 Å². The van der Waals surface area contributed by atoms with Gasteiger partial charge in [-0.05, 0) is 18.8 Å². The monoisotopic (exact) mass is 290 g/mol. The second-order valence-corrected chi connectivity index (χ2v) is 6.88. The molecule has 0 spiro atoms. The fraction of sp³-hybridized carbons (Fsp3) is 0.833. The van der Waals surface area contributed by atoms with Crippen LogP contribution < -0.4 is 10.6 Å². The molecule has 0 radical (unpaired) electrons. The fourth-order valence-corrected chi connectivity index (χ4v) is 3.27. The first kappa shape index (κ1) is 15.9. The van der Waals surface area contributed by atoms with Crippen LogP contribution in [0, 0.1) is 5.92 Å². The summed E-state index contributed by atoms with van der Waals surface area (Å²) in [6.45, 7) is 3.75. The van der Waals surface area contributed by atoms with Gasteiger partial charge in [-0.2, -0.15) is 0 Å². The van der Waals surface area contributed by atoms with Gasteiger partial charge in [0.05, 0.1) is 6.42 Å². The average Bonchev–Trinajstić information content (AvgIpc) is 2.30. The number of amides is 2. The number of nitrogens with one attached hydrogen (secondary N) is 2. The Labute approximate surface area is 115 Å². The molecular weight excluding hydrogens is 268 g/mol. The lowest BCUT2D eigenvalue weighted by Crippen LogP contribution is -2.49. The van der Waals surface area contributed by atoms with E-state index in [0.717, 1.165) is 0 Å². The lowest BCUT2D eigenvalue weighted by atomic mass is 10.0. The third-order valence-electron chi connectivity index (χ3n) is 3.24. The molecule has 7 heteroatoms. The number of carboxylic acid groups (broad SMARTS) is 1. The van der Waals surface area contributed by atoms with E-state index in [1.165, 1.54) is 0 Å². The van der Waals surface area contributed by atoms with Crippen molar-refractivity contribution in [3.05, 3.63) is 0 Å². The number of urea groups is 1. The third kappa shape index (κ3) is 6.04. The van der Waals surface area contributed by atoms with Crippen molar-refractivity contribution in [2.24, 2.45) is 5.92 Å². The van der Waals surface area contributed by atoms with Gasteiger partial charge in [-0.15, -0.1) is 0 Å². The molecule has 0 aromatic rings. The van der Waals surface area contributed by atoms with Crippen molar-refractivity contribution >= 4 is 22.8 Å². The number of rotatable bonds is 5. The van der Waals surface area contributed by atoms with Crippen molar-refractivity contribution in [3.8, 4) is 0 Å².